The Morgan fingerprint density at radius 1 is 0.897 bits per heavy atom. The molecule has 0 radical (unpaired) electrons. The van der Waals surface area contributed by atoms with Crippen molar-refractivity contribution in [2.45, 2.75) is 61.0 Å². The molecule has 14 heteroatoms. The Labute approximate surface area is 234 Å². The molecule has 0 bridgehead atoms. The zero-order chi connectivity index (χ0) is 29.9. The second kappa shape index (κ2) is 15.0. The number of benzene rings is 2. The Hall–Kier alpha value is -3.74. The van der Waals surface area contributed by atoms with Crippen molar-refractivity contribution in [2.75, 3.05) is 14.2 Å². The number of esters is 2. The number of carbonyl (C=O) groups excluding carboxylic acids is 4. The number of thiol groups is 1. The van der Waals surface area contributed by atoms with E-state index in [0.29, 0.717) is 16.0 Å². The molecule has 210 valence electrons. The van der Waals surface area contributed by atoms with Gasteiger partial charge in [-0.25, -0.2) is 9.59 Å². The van der Waals surface area contributed by atoms with Crippen LogP contribution in [0.25, 0.3) is 0 Å². The van der Waals surface area contributed by atoms with Crippen LogP contribution in [0.4, 0.5) is 11.4 Å². The third-order valence-electron chi connectivity index (χ3n) is 5.85. The number of hydrogen-bond acceptors (Lipinski definition) is 12. The lowest BCUT2D eigenvalue weighted by molar-refractivity contribution is -0.387. The van der Waals surface area contributed by atoms with Gasteiger partial charge in [-0.05, 0) is 49.9 Å². The highest BCUT2D eigenvalue weighted by Gasteiger charge is 2.33. The SMILES string of the molecule is COC(=O)c1cc([N+](=O)[O-])c(S)cc1C.COC(=O)c1cc([N+](=O)[O-])c(SC2(C)CCCC2)cc1C.O=C=O. The molecule has 2 aromatic carbocycles. The number of hydrogen-bond donors (Lipinski definition) is 1. The Kier molecular flexibility index (Phi) is 12.8. The van der Waals surface area contributed by atoms with E-state index in [0.717, 1.165) is 25.7 Å². The van der Waals surface area contributed by atoms with E-state index in [1.807, 2.05) is 0 Å². The fraction of sp³-hybridized carbons (Fsp3) is 0.400. The van der Waals surface area contributed by atoms with Gasteiger partial charge in [-0.2, -0.15) is 9.59 Å². The summed E-state index contributed by atoms with van der Waals surface area (Å²) in [6, 6.07) is 5.71. The Morgan fingerprint density at radius 3 is 1.72 bits per heavy atom. The van der Waals surface area contributed by atoms with E-state index in [2.05, 4.69) is 29.0 Å². The summed E-state index contributed by atoms with van der Waals surface area (Å²) in [7, 11) is 2.50. The van der Waals surface area contributed by atoms with E-state index in [1.54, 1.807) is 31.7 Å². The normalized spacial score (nSPS) is 13.0. The predicted octanol–water partition coefficient (Wildman–Crippen LogP) is 5.51. The van der Waals surface area contributed by atoms with Crippen molar-refractivity contribution in [2.24, 2.45) is 0 Å². The second-order valence-corrected chi connectivity index (χ2v) is 10.7. The Morgan fingerprint density at radius 2 is 1.31 bits per heavy atom. The summed E-state index contributed by atoms with van der Waals surface area (Å²) in [5.74, 6) is -1.14. The molecule has 0 amide bonds. The molecule has 0 aliphatic heterocycles. The van der Waals surface area contributed by atoms with Gasteiger partial charge in [-0.1, -0.05) is 19.8 Å². The number of ether oxygens (including phenoxy) is 2. The van der Waals surface area contributed by atoms with E-state index in [-0.39, 0.29) is 38.3 Å². The molecule has 1 aliphatic rings. The molecule has 0 N–H and O–H groups in total. The third kappa shape index (κ3) is 9.20. The van der Waals surface area contributed by atoms with Crippen LogP contribution in [-0.4, -0.2) is 46.9 Å². The van der Waals surface area contributed by atoms with Crippen molar-refractivity contribution in [3.8, 4) is 0 Å². The average Bonchev–Trinajstić information content (AvgIpc) is 3.29. The fourth-order valence-corrected chi connectivity index (χ4v) is 5.71. The number of carbonyl (C=O) groups is 2. The van der Waals surface area contributed by atoms with Crippen molar-refractivity contribution in [3.05, 3.63) is 66.7 Å². The lowest BCUT2D eigenvalue weighted by Gasteiger charge is -2.23. The van der Waals surface area contributed by atoms with Gasteiger partial charge in [0.1, 0.15) is 0 Å². The van der Waals surface area contributed by atoms with Gasteiger partial charge < -0.3 is 9.47 Å². The summed E-state index contributed by atoms with van der Waals surface area (Å²) in [5.41, 5.74) is 1.52. The smallest absolute Gasteiger partial charge is 0.373 e. The summed E-state index contributed by atoms with van der Waals surface area (Å²) in [5, 5.41) is 21.9. The Balaban J connectivity index is 0.000000371. The van der Waals surface area contributed by atoms with Gasteiger partial charge in [0.15, 0.2) is 0 Å². The largest absolute Gasteiger partial charge is 0.465 e. The molecule has 1 fully saturated rings. The first-order chi connectivity index (χ1) is 18.2. The molecule has 3 rings (SSSR count). The van der Waals surface area contributed by atoms with Crippen LogP contribution >= 0.6 is 24.4 Å². The topological polar surface area (TPSA) is 173 Å². The zero-order valence-electron chi connectivity index (χ0n) is 22.0. The summed E-state index contributed by atoms with van der Waals surface area (Å²) >= 11 is 5.52. The van der Waals surface area contributed by atoms with Crippen LogP contribution in [0.5, 0.6) is 0 Å². The molecule has 0 unspecified atom stereocenters. The van der Waals surface area contributed by atoms with Crippen LogP contribution in [0, 0.1) is 34.1 Å². The van der Waals surface area contributed by atoms with Crippen molar-refractivity contribution in [1.29, 1.82) is 0 Å². The van der Waals surface area contributed by atoms with Crippen molar-refractivity contribution >= 4 is 53.9 Å². The molecule has 0 aromatic heterocycles. The molecule has 1 saturated carbocycles. The van der Waals surface area contributed by atoms with Gasteiger partial charge in [0.2, 0.25) is 0 Å². The Bertz CT molecular complexity index is 1280. The first-order valence-corrected chi connectivity index (χ1v) is 12.6. The standard InChI is InChI=1S/C15H19NO4S.C9H9NO4S.CO2/c1-10-8-13(21-15(2)6-4-5-7-15)12(16(18)19)9-11(10)14(17)20-3;1-5-3-8(15)7(10(12)13)4-6(5)9(11)14-2;2-1-3/h8-9H,4-7H2,1-3H3;3-4,15H,1-2H3;. The highest BCUT2D eigenvalue weighted by atomic mass is 32.2. The minimum absolute atomic E-state index is 0.0147. The minimum atomic E-state index is -0.594. The van der Waals surface area contributed by atoms with E-state index >= 15 is 0 Å². The average molecular weight is 581 g/mol. The maximum atomic E-state index is 11.7. The van der Waals surface area contributed by atoms with E-state index in [9.17, 15) is 29.8 Å². The first kappa shape index (κ1) is 33.3. The van der Waals surface area contributed by atoms with Gasteiger partial charge >= 0.3 is 18.1 Å². The van der Waals surface area contributed by atoms with Crippen LogP contribution in [0.2, 0.25) is 0 Å². The third-order valence-corrected chi connectivity index (χ3v) is 7.66. The number of methoxy groups -OCH3 is 2. The summed E-state index contributed by atoms with van der Waals surface area (Å²) < 4.78 is 9.23. The van der Waals surface area contributed by atoms with Crippen molar-refractivity contribution in [3.63, 3.8) is 0 Å². The molecule has 12 nitrogen and oxygen atoms in total. The van der Waals surface area contributed by atoms with Gasteiger partial charge in [0, 0.05) is 16.9 Å². The fourth-order valence-electron chi connectivity index (χ4n) is 3.87. The van der Waals surface area contributed by atoms with Crippen LogP contribution in [0.3, 0.4) is 0 Å². The maximum absolute atomic E-state index is 11.7. The molecule has 0 atom stereocenters. The monoisotopic (exact) mass is 580 g/mol. The predicted molar refractivity (Wildman–Crippen MR) is 143 cm³/mol. The first-order valence-electron chi connectivity index (χ1n) is 11.4. The lowest BCUT2D eigenvalue weighted by Crippen LogP contribution is -2.14. The quantitative estimate of drug-likeness (QED) is 0.197. The van der Waals surface area contributed by atoms with Crippen LogP contribution in [0.15, 0.2) is 34.1 Å². The van der Waals surface area contributed by atoms with Gasteiger partial charge in [0.25, 0.3) is 11.4 Å². The highest BCUT2D eigenvalue weighted by Crippen LogP contribution is 2.47. The molecule has 0 spiro atoms. The van der Waals surface area contributed by atoms with Crippen molar-refractivity contribution in [1.82, 2.24) is 0 Å². The molecular formula is C25H28N2O10S2. The molecular weight excluding hydrogens is 552 g/mol. The van der Waals surface area contributed by atoms with Crippen molar-refractivity contribution < 1.29 is 38.5 Å². The molecule has 0 heterocycles. The number of rotatable bonds is 6. The van der Waals surface area contributed by atoms with E-state index in [4.69, 9.17) is 9.59 Å². The number of nitro groups is 2. The molecule has 1 aliphatic carbocycles. The minimum Gasteiger partial charge on any atom is -0.465 e. The van der Waals surface area contributed by atoms with Gasteiger partial charge in [-0.15, -0.1) is 24.4 Å². The van der Waals surface area contributed by atoms with E-state index < -0.39 is 21.8 Å². The number of thioether (sulfide) groups is 1. The van der Waals surface area contributed by atoms with Gasteiger partial charge in [-0.3, -0.25) is 20.2 Å². The van der Waals surface area contributed by atoms with Crippen LogP contribution in [-0.2, 0) is 19.1 Å². The number of nitro benzene ring substituents is 2. The van der Waals surface area contributed by atoms with Crippen LogP contribution < -0.4 is 0 Å². The summed E-state index contributed by atoms with van der Waals surface area (Å²) in [6.45, 7) is 5.59. The summed E-state index contributed by atoms with van der Waals surface area (Å²) in [6.07, 6.45) is 4.70. The van der Waals surface area contributed by atoms with Crippen LogP contribution in [0.1, 0.15) is 64.4 Å². The number of nitrogens with zero attached hydrogens (tertiary/aromatic N) is 2. The highest BCUT2D eigenvalue weighted by molar-refractivity contribution is 8.00. The molecule has 0 saturated heterocycles. The number of aryl methyl sites for hydroxylation is 2. The maximum Gasteiger partial charge on any atom is 0.373 e. The second-order valence-electron chi connectivity index (χ2n) is 8.63. The molecule has 2 aromatic rings. The lowest BCUT2D eigenvalue weighted by atomic mass is 10.1. The zero-order valence-corrected chi connectivity index (χ0v) is 23.7. The van der Waals surface area contributed by atoms with E-state index in [1.165, 1.54) is 32.4 Å². The molecule has 39 heavy (non-hydrogen) atoms. The summed E-state index contributed by atoms with van der Waals surface area (Å²) in [4.78, 5) is 60.9. The van der Waals surface area contributed by atoms with Gasteiger partial charge in [0.05, 0.1) is 45.0 Å².